The monoisotopic (exact) mass is 841 g/mol. The van der Waals surface area contributed by atoms with Crippen molar-refractivity contribution in [2.45, 2.75) is 244 Å². The van der Waals surface area contributed by atoms with Crippen molar-refractivity contribution in [3.8, 4) is 0 Å². The van der Waals surface area contributed by atoms with Gasteiger partial charge in [0.1, 0.15) is 13.2 Å². The Bertz CT molecular complexity index is 1000. The second kappa shape index (κ2) is 41.3. The standard InChI is InChI=1S/C49H97N2O6P/c1-6-8-10-12-14-16-18-19-20-21-22-23-24-25-26-27-28-29-30-31-33-34-36-38-40-42-48(52)47(46-57-58(54,55)56-45-44-51(3,4)5)50-49(53)43-41-39-37-35-32-17-15-13-11-9-7-2/h33-34,40,42,47-48,52H,6-32,35-39,41,43-46H2,1-5H3,(H-,50,53,54,55)/b34-33+,42-40+. The maximum absolute atomic E-state index is 12.8. The number of hydrogen-bond acceptors (Lipinski definition) is 6. The average molecular weight is 841 g/mol. The summed E-state index contributed by atoms with van der Waals surface area (Å²) < 4.78 is 23.2. The first-order chi connectivity index (χ1) is 28.0. The van der Waals surface area contributed by atoms with E-state index >= 15 is 0 Å². The molecule has 8 nitrogen and oxygen atoms in total. The Balaban J connectivity index is 4.26. The summed E-state index contributed by atoms with van der Waals surface area (Å²) in [5.74, 6) is -0.207. The van der Waals surface area contributed by atoms with Gasteiger partial charge in [-0.3, -0.25) is 9.36 Å². The molecule has 0 aromatic rings. The summed E-state index contributed by atoms with van der Waals surface area (Å²) in [6.07, 6.45) is 49.6. The van der Waals surface area contributed by atoms with Gasteiger partial charge in [0.15, 0.2) is 0 Å². The number of hydrogen-bond donors (Lipinski definition) is 2. The molecule has 344 valence electrons. The predicted molar refractivity (Wildman–Crippen MR) is 247 cm³/mol. The summed E-state index contributed by atoms with van der Waals surface area (Å²) in [4.78, 5) is 25.3. The first kappa shape index (κ1) is 57.0. The van der Waals surface area contributed by atoms with Gasteiger partial charge in [0.05, 0.1) is 39.9 Å². The van der Waals surface area contributed by atoms with Crippen LogP contribution in [0.25, 0.3) is 0 Å². The van der Waals surface area contributed by atoms with Gasteiger partial charge in [-0.05, 0) is 32.1 Å². The maximum atomic E-state index is 12.8. The molecule has 0 bridgehead atoms. The number of allylic oxidation sites excluding steroid dienone is 3. The van der Waals surface area contributed by atoms with Gasteiger partial charge in [0.25, 0.3) is 7.82 Å². The smallest absolute Gasteiger partial charge is 0.268 e. The van der Waals surface area contributed by atoms with Crippen LogP contribution in [0.1, 0.15) is 232 Å². The summed E-state index contributed by atoms with van der Waals surface area (Å²) in [5, 5.41) is 13.8. The van der Waals surface area contributed by atoms with Crippen LogP contribution in [-0.2, 0) is 18.4 Å². The molecule has 0 aliphatic heterocycles. The molecule has 0 saturated heterocycles. The quantitative estimate of drug-likeness (QED) is 0.0274. The molecule has 0 rings (SSSR count). The fourth-order valence-electron chi connectivity index (χ4n) is 7.23. The molecular weight excluding hydrogens is 744 g/mol. The number of phosphoric ester groups is 1. The van der Waals surface area contributed by atoms with Crippen molar-refractivity contribution in [3.05, 3.63) is 24.3 Å². The summed E-state index contributed by atoms with van der Waals surface area (Å²) in [6, 6.07) is -0.898. The predicted octanol–water partition coefficient (Wildman–Crippen LogP) is 13.5. The van der Waals surface area contributed by atoms with Gasteiger partial charge in [0, 0.05) is 6.42 Å². The van der Waals surface area contributed by atoms with Crippen molar-refractivity contribution in [1.82, 2.24) is 5.32 Å². The minimum absolute atomic E-state index is 0.00427. The van der Waals surface area contributed by atoms with Crippen LogP contribution in [0.5, 0.6) is 0 Å². The zero-order chi connectivity index (χ0) is 42.8. The van der Waals surface area contributed by atoms with Crippen molar-refractivity contribution in [2.75, 3.05) is 40.9 Å². The van der Waals surface area contributed by atoms with Crippen LogP contribution in [0.4, 0.5) is 0 Å². The van der Waals surface area contributed by atoms with Gasteiger partial charge < -0.3 is 28.8 Å². The zero-order valence-corrected chi connectivity index (χ0v) is 39.9. The number of aliphatic hydroxyl groups excluding tert-OH is 1. The lowest BCUT2D eigenvalue weighted by Gasteiger charge is -2.29. The average Bonchev–Trinajstić information content (AvgIpc) is 3.17. The van der Waals surface area contributed by atoms with E-state index in [1.165, 1.54) is 173 Å². The van der Waals surface area contributed by atoms with Crippen molar-refractivity contribution in [1.29, 1.82) is 0 Å². The number of nitrogens with one attached hydrogen (secondary N) is 1. The van der Waals surface area contributed by atoms with E-state index in [4.69, 9.17) is 9.05 Å². The summed E-state index contributed by atoms with van der Waals surface area (Å²) in [5.41, 5.74) is 0. The van der Waals surface area contributed by atoms with E-state index in [9.17, 15) is 19.4 Å². The first-order valence-electron chi connectivity index (χ1n) is 24.7. The van der Waals surface area contributed by atoms with Crippen LogP contribution in [0.2, 0.25) is 0 Å². The fraction of sp³-hybridized carbons (Fsp3) is 0.898. The number of likely N-dealkylation sites (N-methyl/N-ethyl adjacent to an activating group) is 1. The number of carbonyl (C=O) groups excluding carboxylic acids is 1. The minimum Gasteiger partial charge on any atom is -0.756 e. The Kier molecular flexibility index (Phi) is 40.6. The first-order valence-corrected chi connectivity index (χ1v) is 26.2. The Morgan fingerprint density at radius 1 is 0.586 bits per heavy atom. The van der Waals surface area contributed by atoms with Gasteiger partial charge in [-0.25, -0.2) is 0 Å². The number of aliphatic hydroxyl groups is 1. The second-order valence-corrected chi connectivity index (χ2v) is 19.6. The largest absolute Gasteiger partial charge is 0.756 e. The minimum atomic E-state index is -4.59. The lowest BCUT2D eigenvalue weighted by Crippen LogP contribution is -2.45. The van der Waals surface area contributed by atoms with Crippen LogP contribution in [0, 0.1) is 0 Å². The normalized spacial score (nSPS) is 14.4. The number of rotatable bonds is 45. The number of phosphoric acid groups is 1. The van der Waals surface area contributed by atoms with E-state index in [0.717, 1.165) is 38.5 Å². The third kappa shape index (κ3) is 43.1. The van der Waals surface area contributed by atoms with E-state index in [0.29, 0.717) is 17.4 Å². The molecule has 9 heteroatoms. The zero-order valence-electron chi connectivity index (χ0n) is 39.0. The SMILES string of the molecule is CCCCCCCCCCCCCCCCCCCCC/C=C/CC/C=C/C(O)C(COP(=O)([O-])OCC[N+](C)(C)C)NC(=O)CCCCCCCCCCCCC. The molecule has 0 aliphatic carbocycles. The van der Waals surface area contributed by atoms with Crippen molar-refractivity contribution >= 4 is 13.7 Å². The van der Waals surface area contributed by atoms with E-state index in [2.05, 4.69) is 31.3 Å². The number of quaternary nitrogens is 1. The number of nitrogens with zero attached hydrogens (tertiary/aromatic N) is 1. The molecule has 3 unspecified atom stereocenters. The summed E-state index contributed by atoms with van der Waals surface area (Å²) >= 11 is 0. The molecule has 2 N–H and O–H groups in total. The molecule has 58 heavy (non-hydrogen) atoms. The molecule has 1 amide bonds. The van der Waals surface area contributed by atoms with Crippen molar-refractivity contribution in [3.63, 3.8) is 0 Å². The Hall–Kier alpha value is -1.02. The van der Waals surface area contributed by atoms with E-state index in [1.54, 1.807) is 6.08 Å². The lowest BCUT2D eigenvalue weighted by atomic mass is 10.0. The third-order valence-electron chi connectivity index (χ3n) is 11.2. The number of amides is 1. The highest BCUT2D eigenvalue weighted by Gasteiger charge is 2.23. The van der Waals surface area contributed by atoms with Crippen LogP contribution in [0.3, 0.4) is 0 Å². The second-order valence-electron chi connectivity index (χ2n) is 18.2. The van der Waals surface area contributed by atoms with Gasteiger partial charge >= 0.3 is 0 Å². The third-order valence-corrected chi connectivity index (χ3v) is 12.1. The Morgan fingerprint density at radius 2 is 0.966 bits per heavy atom. The fourth-order valence-corrected chi connectivity index (χ4v) is 7.95. The van der Waals surface area contributed by atoms with Crippen LogP contribution >= 0.6 is 7.82 Å². The van der Waals surface area contributed by atoms with Crippen molar-refractivity contribution in [2.24, 2.45) is 0 Å². The van der Waals surface area contributed by atoms with Gasteiger partial charge in [-0.1, -0.05) is 218 Å². The summed E-state index contributed by atoms with van der Waals surface area (Å²) in [7, 11) is 1.25. The summed E-state index contributed by atoms with van der Waals surface area (Å²) in [6.45, 7) is 4.63. The molecule has 0 aliphatic rings. The highest BCUT2D eigenvalue weighted by atomic mass is 31.2. The van der Waals surface area contributed by atoms with Crippen molar-refractivity contribution < 1.29 is 32.9 Å². The molecule has 0 fully saturated rings. The Morgan fingerprint density at radius 3 is 1.40 bits per heavy atom. The molecule has 0 aromatic carbocycles. The van der Waals surface area contributed by atoms with Crippen LogP contribution in [0.15, 0.2) is 24.3 Å². The number of unbranched alkanes of at least 4 members (excludes halogenated alkanes) is 30. The molecule has 0 saturated carbocycles. The van der Waals surface area contributed by atoms with Crippen LogP contribution in [-0.4, -0.2) is 68.5 Å². The van der Waals surface area contributed by atoms with Gasteiger partial charge in [0.2, 0.25) is 5.91 Å². The van der Waals surface area contributed by atoms with Crippen LogP contribution < -0.4 is 10.2 Å². The number of carbonyl (C=O) groups is 1. The maximum Gasteiger partial charge on any atom is 0.268 e. The Labute approximate surface area is 360 Å². The van der Waals surface area contributed by atoms with E-state index in [-0.39, 0.29) is 19.1 Å². The molecule has 3 atom stereocenters. The molecule has 0 aromatic heterocycles. The molecular formula is C49H97N2O6P. The van der Waals surface area contributed by atoms with E-state index < -0.39 is 20.0 Å². The highest BCUT2D eigenvalue weighted by Crippen LogP contribution is 2.38. The highest BCUT2D eigenvalue weighted by molar-refractivity contribution is 7.45. The van der Waals surface area contributed by atoms with E-state index in [1.807, 2.05) is 27.2 Å². The lowest BCUT2D eigenvalue weighted by molar-refractivity contribution is -0.870. The molecule has 0 heterocycles. The molecule has 0 spiro atoms. The topological polar surface area (TPSA) is 108 Å². The molecule has 0 radical (unpaired) electrons. The van der Waals surface area contributed by atoms with Gasteiger partial charge in [-0.15, -0.1) is 0 Å². The van der Waals surface area contributed by atoms with Gasteiger partial charge in [-0.2, -0.15) is 0 Å².